The molecule has 0 bridgehead atoms. The van der Waals surface area contributed by atoms with Gasteiger partial charge in [-0.1, -0.05) is 71.9 Å². The summed E-state index contributed by atoms with van der Waals surface area (Å²) in [5.41, 5.74) is 2.36. The van der Waals surface area contributed by atoms with E-state index >= 15 is 0 Å². The molecule has 0 spiro atoms. The van der Waals surface area contributed by atoms with Gasteiger partial charge in [-0.25, -0.2) is 4.98 Å². The van der Waals surface area contributed by atoms with Crippen LogP contribution in [0.3, 0.4) is 0 Å². The smallest absolute Gasteiger partial charge is 0.208 e. The summed E-state index contributed by atoms with van der Waals surface area (Å²) in [6.07, 6.45) is 1.53. The highest BCUT2D eigenvalue weighted by molar-refractivity contribution is 6.73. The molecule has 1 unspecified atom stereocenters. The minimum Gasteiger partial charge on any atom is -0.387 e. The Morgan fingerprint density at radius 1 is 1.04 bits per heavy atom. The lowest BCUT2D eigenvalue weighted by Crippen LogP contribution is -2.38. The number of nitrogens with zero attached hydrogens (tertiary/aromatic N) is 2. The average molecular weight is 389 g/mol. The molecule has 5 heteroatoms. The van der Waals surface area contributed by atoms with Crippen molar-refractivity contribution in [1.29, 1.82) is 0 Å². The number of rotatable bonds is 9. The van der Waals surface area contributed by atoms with Gasteiger partial charge in [-0.05, 0) is 23.7 Å². The summed E-state index contributed by atoms with van der Waals surface area (Å²) < 4.78 is 15.2. The van der Waals surface area contributed by atoms with Gasteiger partial charge in [0.2, 0.25) is 6.29 Å². The van der Waals surface area contributed by atoms with Crippen molar-refractivity contribution in [2.45, 2.75) is 78.0 Å². The van der Waals surface area contributed by atoms with Crippen LogP contribution in [-0.4, -0.2) is 17.9 Å². The van der Waals surface area contributed by atoms with Gasteiger partial charge in [0.1, 0.15) is 0 Å². The van der Waals surface area contributed by atoms with Crippen molar-refractivity contribution < 1.29 is 9.16 Å². The van der Waals surface area contributed by atoms with Crippen LogP contribution in [-0.2, 0) is 28.2 Å². The average Bonchev–Trinajstić information content (AvgIpc) is 3.05. The van der Waals surface area contributed by atoms with E-state index in [1.807, 2.05) is 24.4 Å². The standard InChI is InChI=1S/C22H36N2O2Si/c1-8-27(9-2,10-3)26-21(25-17-18-14-12-11-13-15-18)20-23-16-19(24(20)7)22(4,5)6/h11-16,21H,8-10,17H2,1-7H3. The molecule has 0 aliphatic heterocycles. The molecular formula is C22H36N2O2Si. The van der Waals surface area contributed by atoms with E-state index in [1.165, 1.54) is 5.69 Å². The molecule has 27 heavy (non-hydrogen) atoms. The van der Waals surface area contributed by atoms with Crippen LogP contribution in [0, 0.1) is 0 Å². The first-order valence-corrected chi connectivity index (χ1v) is 12.6. The number of hydrogen-bond acceptors (Lipinski definition) is 3. The first kappa shape index (κ1) is 21.9. The van der Waals surface area contributed by atoms with Gasteiger partial charge in [0.25, 0.3) is 0 Å². The lowest BCUT2D eigenvalue weighted by Gasteiger charge is -2.33. The van der Waals surface area contributed by atoms with E-state index in [0.717, 1.165) is 29.5 Å². The second-order valence-corrected chi connectivity index (χ2v) is 13.0. The third kappa shape index (κ3) is 5.30. The summed E-state index contributed by atoms with van der Waals surface area (Å²) in [5.74, 6) is 0.864. The molecule has 1 heterocycles. The van der Waals surface area contributed by atoms with Crippen LogP contribution in [0.5, 0.6) is 0 Å². The van der Waals surface area contributed by atoms with Gasteiger partial charge in [-0.2, -0.15) is 0 Å². The van der Waals surface area contributed by atoms with Crippen LogP contribution < -0.4 is 0 Å². The molecule has 0 aliphatic carbocycles. The number of imidazole rings is 1. The fourth-order valence-electron chi connectivity index (χ4n) is 3.47. The molecule has 0 saturated heterocycles. The molecule has 4 nitrogen and oxygen atoms in total. The van der Waals surface area contributed by atoms with Crippen molar-refractivity contribution >= 4 is 8.32 Å². The first-order valence-electron chi connectivity index (χ1n) is 10.1. The molecule has 1 aromatic heterocycles. The second kappa shape index (κ2) is 9.17. The summed E-state index contributed by atoms with van der Waals surface area (Å²) in [4.78, 5) is 4.72. The van der Waals surface area contributed by atoms with Crippen LogP contribution in [0.25, 0.3) is 0 Å². The highest BCUT2D eigenvalue weighted by atomic mass is 28.4. The van der Waals surface area contributed by atoms with E-state index in [-0.39, 0.29) is 5.41 Å². The summed E-state index contributed by atoms with van der Waals surface area (Å²) in [7, 11) is 0.228. The molecule has 150 valence electrons. The van der Waals surface area contributed by atoms with Gasteiger partial charge < -0.3 is 13.7 Å². The molecule has 0 saturated carbocycles. The number of aromatic nitrogens is 2. The van der Waals surface area contributed by atoms with Crippen LogP contribution >= 0.6 is 0 Å². The zero-order valence-corrected chi connectivity index (χ0v) is 19.1. The molecule has 1 atom stereocenters. The molecule has 0 radical (unpaired) electrons. The Morgan fingerprint density at radius 3 is 2.11 bits per heavy atom. The highest BCUT2D eigenvalue weighted by Gasteiger charge is 2.35. The number of benzene rings is 1. The Hall–Kier alpha value is -1.43. The van der Waals surface area contributed by atoms with Crippen LogP contribution in [0.4, 0.5) is 0 Å². The summed E-state index contributed by atoms with van der Waals surface area (Å²) >= 11 is 0. The van der Waals surface area contributed by atoms with E-state index < -0.39 is 14.6 Å². The van der Waals surface area contributed by atoms with Crippen molar-refractivity contribution in [2.75, 3.05) is 0 Å². The maximum atomic E-state index is 6.73. The fourth-order valence-corrected chi connectivity index (χ4v) is 6.10. The maximum absolute atomic E-state index is 6.73. The van der Waals surface area contributed by atoms with E-state index in [2.05, 4.69) is 65.3 Å². The van der Waals surface area contributed by atoms with E-state index in [4.69, 9.17) is 14.1 Å². The van der Waals surface area contributed by atoms with Crippen molar-refractivity contribution in [3.63, 3.8) is 0 Å². The molecule has 0 N–H and O–H groups in total. The van der Waals surface area contributed by atoms with Crippen molar-refractivity contribution in [3.05, 3.63) is 53.6 Å². The Labute approximate surface area is 166 Å². The highest BCUT2D eigenvalue weighted by Crippen LogP contribution is 2.32. The minimum atomic E-state index is -1.84. The van der Waals surface area contributed by atoms with E-state index in [1.54, 1.807) is 0 Å². The van der Waals surface area contributed by atoms with E-state index in [9.17, 15) is 0 Å². The van der Waals surface area contributed by atoms with Crippen molar-refractivity contribution in [1.82, 2.24) is 9.55 Å². The van der Waals surface area contributed by atoms with Crippen LogP contribution in [0.2, 0.25) is 18.1 Å². The Balaban J connectivity index is 2.33. The predicted molar refractivity (Wildman–Crippen MR) is 114 cm³/mol. The molecule has 0 fully saturated rings. The van der Waals surface area contributed by atoms with Gasteiger partial charge in [0.15, 0.2) is 14.1 Å². The Morgan fingerprint density at radius 2 is 1.63 bits per heavy atom. The quantitative estimate of drug-likeness (QED) is 0.393. The number of hydrogen-bond donors (Lipinski definition) is 0. The molecule has 0 amide bonds. The molecule has 0 aliphatic rings. The summed E-state index contributed by atoms with van der Waals surface area (Å²) in [6, 6.07) is 13.5. The maximum Gasteiger partial charge on any atom is 0.208 e. The normalized spacial score (nSPS) is 13.7. The van der Waals surface area contributed by atoms with E-state index in [0.29, 0.717) is 6.61 Å². The first-order chi connectivity index (χ1) is 12.8. The largest absolute Gasteiger partial charge is 0.387 e. The second-order valence-electron chi connectivity index (χ2n) is 8.30. The molecule has 2 aromatic rings. The Bertz CT molecular complexity index is 695. The van der Waals surface area contributed by atoms with Gasteiger partial charge in [0.05, 0.1) is 6.61 Å². The topological polar surface area (TPSA) is 36.3 Å². The minimum absolute atomic E-state index is 0.0266. The third-order valence-corrected chi connectivity index (χ3v) is 10.1. The summed E-state index contributed by atoms with van der Waals surface area (Å²) in [5, 5.41) is 0. The van der Waals surface area contributed by atoms with Crippen molar-refractivity contribution in [2.24, 2.45) is 7.05 Å². The third-order valence-electron chi connectivity index (χ3n) is 5.54. The summed E-state index contributed by atoms with van der Waals surface area (Å²) in [6.45, 7) is 13.9. The van der Waals surface area contributed by atoms with Gasteiger partial charge in [-0.15, -0.1) is 0 Å². The van der Waals surface area contributed by atoms with Gasteiger partial charge in [0, 0.05) is 24.4 Å². The Kier molecular flexibility index (Phi) is 7.43. The SMILES string of the molecule is CC[Si](CC)(CC)OC(OCc1ccccc1)c1ncc(C(C)(C)C)n1C. The molecular weight excluding hydrogens is 352 g/mol. The van der Waals surface area contributed by atoms with Gasteiger partial charge in [-0.3, -0.25) is 0 Å². The van der Waals surface area contributed by atoms with Crippen molar-refractivity contribution in [3.8, 4) is 0 Å². The van der Waals surface area contributed by atoms with Gasteiger partial charge >= 0.3 is 0 Å². The lowest BCUT2D eigenvalue weighted by molar-refractivity contribution is -0.107. The predicted octanol–water partition coefficient (Wildman–Crippen LogP) is 5.95. The van der Waals surface area contributed by atoms with Crippen LogP contribution in [0.15, 0.2) is 36.5 Å². The molecule has 1 aromatic carbocycles. The lowest BCUT2D eigenvalue weighted by atomic mass is 9.93. The molecule has 2 rings (SSSR count). The zero-order valence-electron chi connectivity index (χ0n) is 18.1. The monoisotopic (exact) mass is 388 g/mol. The number of ether oxygens (including phenoxy) is 1. The fraction of sp³-hybridized carbons (Fsp3) is 0.591. The van der Waals surface area contributed by atoms with Crippen LogP contribution in [0.1, 0.15) is 64.9 Å². The zero-order chi connectivity index (χ0) is 20.1.